The van der Waals surface area contributed by atoms with Crippen molar-refractivity contribution in [3.8, 4) is 16.6 Å². The van der Waals surface area contributed by atoms with Gasteiger partial charge in [-0.1, -0.05) is 0 Å². The molecule has 29 heavy (non-hydrogen) atoms. The molecule has 0 unspecified atom stereocenters. The maximum Gasteiger partial charge on any atom is 0.573 e. The van der Waals surface area contributed by atoms with Gasteiger partial charge in [0.25, 0.3) is 5.91 Å². The summed E-state index contributed by atoms with van der Waals surface area (Å²) in [4.78, 5) is 36.0. The summed E-state index contributed by atoms with van der Waals surface area (Å²) in [5.41, 5.74) is 0.205. The summed E-state index contributed by atoms with van der Waals surface area (Å²) in [5.74, 6) is -1.56. The van der Waals surface area contributed by atoms with Gasteiger partial charge in [-0.3, -0.25) is 4.79 Å². The predicted molar refractivity (Wildman–Crippen MR) is 95.2 cm³/mol. The zero-order valence-corrected chi connectivity index (χ0v) is 15.2. The molecule has 0 saturated heterocycles. The number of anilines is 1. The first kappa shape index (κ1) is 20.2. The highest BCUT2D eigenvalue weighted by atomic mass is 32.1. The van der Waals surface area contributed by atoms with E-state index in [1.807, 2.05) is 0 Å². The lowest BCUT2D eigenvalue weighted by Crippen LogP contribution is -2.21. The first-order chi connectivity index (χ1) is 13.8. The van der Waals surface area contributed by atoms with E-state index in [0.29, 0.717) is 10.8 Å². The molecule has 1 amide bonds. The Balaban J connectivity index is 1.50. The average Bonchev–Trinajstić information content (AvgIpc) is 3.18. The molecule has 2 aromatic heterocycles. The number of rotatable bonds is 6. The molecule has 3 aromatic rings. The summed E-state index contributed by atoms with van der Waals surface area (Å²) in [7, 11) is 0. The van der Waals surface area contributed by atoms with E-state index in [1.165, 1.54) is 29.9 Å². The number of hydrogen-bond donors (Lipinski definition) is 1. The highest BCUT2D eigenvalue weighted by molar-refractivity contribution is 7.13. The summed E-state index contributed by atoms with van der Waals surface area (Å²) in [6, 6.07) is 6.15. The molecule has 0 aliphatic rings. The zero-order valence-electron chi connectivity index (χ0n) is 14.3. The van der Waals surface area contributed by atoms with Crippen LogP contribution in [-0.4, -0.2) is 39.8 Å². The summed E-state index contributed by atoms with van der Waals surface area (Å²) < 4.78 is 44.9. The largest absolute Gasteiger partial charge is 0.573 e. The van der Waals surface area contributed by atoms with Crippen LogP contribution in [0.5, 0.6) is 5.75 Å². The molecule has 3 rings (SSSR count). The number of ether oxygens (including phenoxy) is 2. The van der Waals surface area contributed by atoms with Gasteiger partial charge < -0.3 is 14.8 Å². The molecule has 1 N–H and O–H groups in total. The summed E-state index contributed by atoms with van der Waals surface area (Å²) >= 11 is 1.14. The van der Waals surface area contributed by atoms with Gasteiger partial charge in [-0.15, -0.1) is 24.5 Å². The van der Waals surface area contributed by atoms with E-state index >= 15 is 0 Å². The van der Waals surface area contributed by atoms with Crippen molar-refractivity contribution in [3.63, 3.8) is 0 Å². The van der Waals surface area contributed by atoms with E-state index in [0.717, 1.165) is 23.5 Å². The minimum absolute atomic E-state index is 0.00101. The minimum Gasteiger partial charge on any atom is -0.451 e. The van der Waals surface area contributed by atoms with Crippen molar-refractivity contribution in [2.75, 3.05) is 11.9 Å². The number of amides is 1. The average molecular weight is 424 g/mol. The number of aromatic nitrogens is 3. The van der Waals surface area contributed by atoms with Gasteiger partial charge in [-0.2, -0.15) is 0 Å². The van der Waals surface area contributed by atoms with Crippen molar-refractivity contribution in [2.45, 2.75) is 6.36 Å². The van der Waals surface area contributed by atoms with Gasteiger partial charge in [0.2, 0.25) is 0 Å². The third-order valence-corrected chi connectivity index (χ3v) is 4.01. The molecule has 0 spiro atoms. The van der Waals surface area contributed by atoms with Crippen molar-refractivity contribution in [2.24, 2.45) is 0 Å². The number of esters is 1. The molecule has 0 aliphatic heterocycles. The lowest BCUT2D eigenvalue weighted by molar-refractivity contribution is -0.274. The van der Waals surface area contributed by atoms with Crippen LogP contribution in [0.4, 0.5) is 18.9 Å². The number of halogens is 3. The second-order valence-corrected chi connectivity index (χ2v) is 6.16. The Morgan fingerprint density at radius 3 is 2.45 bits per heavy atom. The molecular weight excluding hydrogens is 413 g/mol. The van der Waals surface area contributed by atoms with Crippen LogP contribution in [-0.2, 0) is 9.53 Å². The Morgan fingerprint density at radius 2 is 1.79 bits per heavy atom. The Hall–Kier alpha value is -3.54. The highest BCUT2D eigenvalue weighted by Gasteiger charge is 2.31. The second-order valence-electron chi connectivity index (χ2n) is 5.31. The smallest absolute Gasteiger partial charge is 0.451 e. The van der Waals surface area contributed by atoms with E-state index < -0.39 is 30.6 Å². The number of benzene rings is 1. The molecule has 150 valence electrons. The fourth-order valence-electron chi connectivity index (χ4n) is 2.02. The summed E-state index contributed by atoms with van der Waals surface area (Å²) in [6.45, 7) is -0.603. The topological polar surface area (TPSA) is 103 Å². The van der Waals surface area contributed by atoms with Gasteiger partial charge in [0.05, 0.1) is 0 Å². The van der Waals surface area contributed by atoms with Crippen molar-refractivity contribution in [1.82, 2.24) is 15.0 Å². The van der Waals surface area contributed by atoms with Crippen LogP contribution in [0.3, 0.4) is 0 Å². The van der Waals surface area contributed by atoms with Gasteiger partial charge in [-0.25, -0.2) is 19.7 Å². The van der Waals surface area contributed by atoms with E-state index in [9.17, 15) is 22.8 Å². The van der Waals surface area contributed by atoms with E-state index in [-0.39, 0.29) is 11.4 Å². The molecule has 0 atom stereocenters. The van der Waals surface area contributed by atoms with Crippen LogP contribution >= 0.6 is 11.3 Å². The molecule has 0 saturated carbocycles. The fourth-order valence-corrected chi connectivity index (χ4v) is 2.76. The SMILES string of the molecule is O=C(COC(=O)c1csc(-c2ncccn2)n1)Nc1ccc(OC(F)(F)F)cc1. The maximum absolute atomic E-state index is 12.1. The minimum atomic E-state index is -4.80. The predicted octanol–water partition coefficient (Wildman–Crippen LogP) is 3.29. The van der Waals surface area contributed by atoms with E-state index in [2.05, 4.69) is 25.0 Å². The quantitative estimate of drug-likeness (QED) is 0.606. The Bertz CT molecular complexity index is 994. The number of hydrogen-bond acceptors (Lipinski definition) is 8. The lowest BCUT2D eigenvalue weighted by Gasteiger charge is -2.10. The maximum atomic E-state index is 12.1. The molecule has 1 aromatic carbocycles. The third-order valence-electron chi connectivity index (χ3n) is 3.18. The molecule has 0 bridgehead atoms. The van der Waals surface area contributed by atoms with Crippen molar-refractivity contribution in [3.05, 3.63) is 53.8 Å². The lowest BCUT2D eigenvalue weighted by atomic mass is 10.3. The number of carbonyl (C=O) groups is 2. The van der Waals surface area contributed by atoms with Gasteiger partial charge in [-0.05, 0) is 30.3 Å². The van der Waals surface area contributed by atoms with Gasteiger partial charge in [0.15, 0.2) is 23.1 Å². The van der Waals surface area contributed by atoms with E-state index in [4.69, 9.17) is 4.74 Å². The molecular formula is C17H11F3N4O4S. The number of nitrogens with one attached hydrogen (secondary N) is 1. The standard InChI is InChI=1S/C17H11F3N4O4S/c18-17(19,20)28-11-4-2-10(3-5-11)23-13(25)8-27-16(26)12-9-29-15(24-12)14-21-6-1-7-22-14/h1-7,9H,8H2,(H,23,25). The normalized spacial score (nSPS) is 11.0. The highest BCUT2D eigenvalue weighted by Crippen LogP contribution is 2.24. The van der Waals surface area contributed by atoms with Gasteiger partial charge in [0, 0.05) is 23.5 Å². The summed E-state index contributed by atoms with van der Waals surface area (Å²) in [6.07, 6.45) is -1.73. The van der Waals surface area contributed by atoms with Crippen molar-refractivity contribution < 1.29 is 32.2 Å². The van der Waals surface area contributed by atoms with Crippen molar-refractivity contribution in [1.29, 1.82) is 0 Å². The van der Waals surface area contributed by atoms with E-state index in [1.54, 1.807) is 6.07 Å². The number of alkyl halides is 3. The Labute approximate surface area is 165 Å². The van der Waals surface area contributed by atoms with Crippen LogP contribution in [0.15, 0.2) is 48.1 Å². The van der Waals surface area contributed by atoms with Gasteiger partial charge in [0.1, 0.15) is 5.75 Å². The fraction of sp³-hybridized carbons (Fsp3) is 0.118. The summed E-state index contributed by atoms with van der Waals surface area (Å²) in [5, 5.41) is 4.25. The molecule has 8 nitrogen and oxygen atoms in total. The van der Waals surface area contributed by atoms with Crippen LogP contribution in [0, 0.1) is 0 Å². The number of nitrogens with zero attached hydrogens (tertiary/aromatic N) is 3. The second kappa shape index (κ2) is 8.65. The van der Waals surface area contributed by atoms with Gasteiger partial charge >= 0.3 is 12.3 Å². The molecule has 0 aliphatic carbocycles. The monoisotopic (exact) mass is 424 g/mol. The van der Waals surface area contributed by atoms with Crippen LogP contribution in [0.2, 0.25) is 0 Å². The third kappa shape index (κ3) is 5.97. The molecule has 0 radical (unpaired) electrons. The first-order valence-electron chi connectivity index (χ1n) is 7.86. The Morgan fingerprint density at radius 1 is 1.10 bits per heavy atom. The van der Waals surface area contributed by atoms with Crippen LogP contribution in [0.1, 0.15) is 10.5 Å². The number of carbonyl (C=O) groups excluding carboxylic acids is 2. The zero-order chi connectivity index (χ0) is 20.9. The molecule has 12 heteroatoms. The molecule has 2 heterocycles. The first-order valence-corrected chi connectivity index (χ1v) is 8.74. The van der Waals surface area contributed by atoms with Crippen molar-refractivity contribution >= 4 is 28.9 Å². The Kier molecular flexibility index (Phi) is 6.02. The molecule has 0 fully saturated rings. The van der Waals surface area contributed by atoms with Crippen LogP contribution in [0.25, 0.3) is 10.8 Å². The number of thiazole rings is 1. The van der Waals surface area contributed by atoms with Crippen LogP contribution < -0.4 is 10.1 Å².